The van der Waals surface area contributed by atoms with E-state index in [-0.39, 0.29) is 17.9 Å². The van der Waals surface area contributed by atoms with E-state index in [1.807, 2.05) is 25.3 Å². The Morgan fingerprint density at radius 3 is 2.54 bits per heavy atom. The number of ether oxygens (including phenoxy) is 1. The summed E-state index contributed by atoms with van der Waals surface area (Å²) >= 11 is 0. The molecule has 6 nitrogen and oxygen atoms in total. The highest BCUT2D eigenvalue weighted by atomic mass is 16.5. The number of benzene rings is 1. The number of carbonyl (C=O) groups excluding carboxylic acids is 1. The third-order valence-electron chi connectivity index (χ3n) is 4.55. The summed E-state index contributed by atoms with van der Waals surface area (Å²) in [5, 5.41) is 19.9. The topological polar surface area (TPSA) is 88.1 Å². The van der Waals surface area contributed by atoms with Crippen molar-refractivity contribution < 1.29 is 14.6 Å². The van der Waals surface area contributed by atoms with Gasteiger partial charge in [0.15, 0.2) is 0 Å². The normalized spacial score (nSPS) is 13.5. The van der Waals surface area contributed by atoms with Gasteiger partial charge in [-0.15, -0.1) is 0 Å². The van der Waals surface area contributed by atoms with Gasteiger partial charge in [-0.1, -0.05) is 12.1 Å². The fourth-order valence-corrected chi connectivity index (χ4v) is 3.35. The molecule has 0 amide bonds. The van der Waals surface area contributed by atoms with Gasteiger partial charge in [0.1, 0.15) is 24.1 Å². The molecule has 1 aliphatic rings. The maximum absolute atomic E-state index is 12.4. The molecule has 0 saturated heterocycles. The van der Waals surface area contributed by atoms with Crippen LogP contribution in [0.25, 0.3) is 22.2 Å². The van der Waals surface area contributed by atoms with E-state index in [1.54, 1.807) is 30.5 Å². The smallest absolute Gasteiger partial charge is 0.341 e. The lowest BCUT2D eigenvalue weighted by Crippen LogP contribution is -2.21. The van der Waals surface area contributed by atoms with E-state index in [9.17, 15) is 15.2 Å². The van der Waals surface area contributed by atoms with E-state index in [1.165, 1.54) is 0 Å². The zero-order valence-corrected chi connectivity index (χ0v) is 14.7. The molecular weight excluding hydrogens is 330 g/mol. The quantitative estimate of drug-likeness (QED) is 0.678. The van der Waals surface area contributed by atoms with E-state index in [2.05, 4.69) is 11.1 Å². The van der Waals surface area contributed by atoms with Crippen molar-refractivity contribution in [1.29, 1.82) is 5.26 Å². The van der Waals surface area contributed by atoms with Gasteiger partial charge in [-0.25, -0.2) is 9.78 Å². The average molecular weight is 347 g/mol. The zero-order chi connectivity index (χ0) is 18.6. The van der Waals surface area contributed by atoms with Crippen molar-refractivity contribution in [1.82, 2.24) is 9.55 Å². The van der Waals surface area contributed by atoms with Crippen molar-refractivity contribution in [3.63, 3.8) is 0 Å². The Morgan fingerprint density at radius 2 is 1.92 bits per heavy atom. The number of fused-ring (bicyclic) bond motifs is 2. The Hall–Kier alpha value is -3.33. The minimum atomic E-state index is -0.440. The minimum absolute atomic E-state index is 0.117. The summed E-state index contributed by atoms with van der Waals surface area (Å²) in [5.74, 6) is -0.309. The molecule has 0 aliphatic carbocycles. The molecule has 3 aromatic rings. The number of nitriles is 1. The van der Waals surface area contributed by atoms with Crippen LogP contribution in [-0.2, 0) is 16.9 Å². The van der Waals surface area contributed by atoms with Crippen LogP contribution < -0.4 is 0 Å². The number of cyclic esters (lactones) is 1. The van der Waals surface area contributed by atoms with Crippen molar-refractivity contribution in [2.24, 2.45) is 0 Å². The molecule has 0 radical (unpaired) electrons. The van der Waals surface area contributed by atoms with Crippen LogP contribution in [0.5, 0.6) is 5.75 Å². The molecule has 1 aromatic carbocycles. The summed E-state index contributed by atoms with van der Waals surface area (Å²) in [7, 11) is 0. The van der Waals surface area contributed by atoms with Crippen LogP contribution in [0.1, 0.15) is 42.4 Å². The largest absolute Gasteiger partial charge is 0.508 e. The number of carbonyl (C=O) groups is 1. The van der Waals surface area contributed by atoms with Gasteiger partial charge < -0.3 is 14.4 Å². The fraction of sp³-hybridized carbons (Fsp3) is 0.250. The Balaban J connectivity index is 2.19. The number of aromatic nitrogens is 2. The summed E-state index contributed by atoms with van der Waals surface area (Å²) < 4.78 is 7.16. The molecule has 26 heavy (non-hydrogen) atoms. The summed E-state index contributed by atoms with van der Waals surface area (Å²) in [6.45, 7) is 6.21. The minimum Gasteiger partial charge on any atom is -0.508 e. The van der Waals surface area contributed by atoms with Gasteiger partial charge in [-0.3, -0.25) is 0 Å². The van der Waals surface area contributed by atoms with Gasteiger partial charge in [-0.05, 0) is 38.5 Å². The van der Waals surface area contributed by atoms with E-state index < -0.39 is 5.97 Å². The molecule has 0 spiro atoms. The van der Waals surface area contributed by atoms with Gasteiger partial charge in [0, 0.05) is 22.7 Å². The number of hydrogen-bond acceptors (Lipinski definition) is 5. The van der Waals surface area contributed by atoms with Crippen LogP contribution in [0.2, 0.25) is 0 Å². The van der Waals surface area contributed by atoms with Gasteiger partial charge in [0.25, 0.3) is 0 Å². The Morgan fingerprint density at radius 1 is 1.23 bits per heavy atom. The number of hydrogen-bond donors (Lipinski definition) is 1. The predicted molar refractivity (Wildman–Crippen MR) is 95.7 cm³/mol. The number of esters is 1. The lowest BCUT2D eigenvalue weighted by molar-refractivity contribution is 0.0534. The molecule has 130 valence electrons. The molecule has 0 bridgehead atoms. The molecule has 2 aromatic heterocycles. The van der Waals surface area contributed by atoms with E-state index in [0.29, 0.717) is 33.4 Å². The third kappa shape index (κ3) is 2.25. The number of nitrogens with zero attached hydrogens (tertiary/aromatic N) is 3. The van der Waals surface area contributed by atoms with Crippen LogP contribution in [0, 0.1) is 11.3 Å². The zero-order valence-electron chi connectivity index (χ0n) is 14.7. The summed E-state index contributed by atoms with van der Waals surface area (Å²) in [4.78, 5) is 17.0. The molecule has 0 unspecified atom stereocenters. The second-order valence-corrected chi connectivity index (χ2v) is 7.33. The lowest BCUT2D eigenvalue weighted by Gasteiger charge is -2.22. The predicted octanol–water partition coefficient (Wildman–Crippen LogP) is 3.71. The highest BCUT2D eigenvalue weighted by molar-refractivity contribution is 6.10. The molecule has 3 heterocycles. The summed E-state index contributed by atoms with van der Waals surface area (Å²) in [6.07, 6.45) is 1.78. The average Bonchev–Trinajstić information content (AvgIpc) is 3.15. The molecule has 1 N–H and O–H groups in total. The van der Waals surface area contributed by atoms with Crippen molar-refractivity contribution in [2.75, 3.05) is 0 Å². The SMILES string of the molecule is CC(C)(C)n1cc(C#N)c2c(-c3ccc(O)cc3)c3c(nc21)COC3=O. The first kappa shape index (κ1) is 16.2. The van der Waals surface area contributed by atoms with Crippen molar-refractivity contribution in [2.45, 2.75) is 32.9 Å². The third-order valence-corrected chi connectivity index (χ3v) is 4.55. The van der Waals surface area contributed by atoms with Gasteiger partial charge in [0.05, 0.1) is 16.8 Å². The molecule has 0 atom stereocenters. The second-order valence-electron chi connectivity index (χ2n) is 7.33. The molecule has 0 fully saturated rings. The van der Waals surface area contributed by atoms with Crippen LogP contribution in [0.4, 0.5) is 0 Å². The number of pyridine rings is 1. The van der Waals surface area contributed by atoms with E-state index >= 15 is 0 Å². The van der Waals surface area contributed by atoms with Crippen molar-refractivity contribution >= 4 is 17.0 Å². The fourth-order valence-electron chi connectivity index (χ4n) is 3.35. The number of phenols is 1. The van der Waals surface area contributed by atoms with Crippen molar-refractivity contribution in [3.8, 4) is 22.9 Å². The van der Waals surface area contributed by atoms with Gasteiger partial charge >= 0.3 is 5.97 Å². The first-order valence-corrected chi connectivity index (χ1v) is 8.26. The highest BCUT2D eigenvalue weighted by Gasteiger charge is 2.32. The summed E-state index contributed by atoms with van der Waals surface area (Å²) in [6, 6.07) is 8.80. The molecule has 6 heteroatoms. The standard InChI is InChI=1S/C20H17N3O3/c1-20(2,3)23-9-12(8-21)16-15(11-4-6-13(24)7-5-11)17-14(22-18(16)23)10-26-19(17)25/h4-7,9,24H,10H2,1-3H3. The van der Waals surface area contributed by atoms with Crippen LogP contribution in [0.3, 0.4) is 0 Å². The Labute approximate surface area is 150 Å². The maximum Gasteiger partial charge on any atom is 0.341 e. The lowest BCUT2D eigenvalue weighted by atomic mass is 9.95. The molecular formula is C20H17N3O3. The first-order chi connectivity index (χ1) is 12.3. The van der Waals surface area contributed by atoms with E-state index in [0.717, 1.165) is 5.56 Å². The number of phenolic OH excluding ortho intramolecular Hbond substituents is 1. The number of rotatable bonds is 1. The van der Waals surface area contributed by atoms with Crippen LogP contribution >= 0.6 is 0 Å². The molecule has 4 rings (SSSR count). The monoisotopic (exact) mass is 347 g/mol. The number of aromatic hydroxyl groups is 1. The Kier molecular flexibility index (Phi) is 3.31. The van der Waals surface area contributed by atoms with Crippen LogP contribution in [-0.4, -0.2) is 20.6 Å². The van der Waals surface area contributed by atoms with Gasteiger partial charge in [0.2, 0.25) is 0 Å². The molecule has 1 aliphatic heterocycles. The first-order valence-electron chi connectivity index (χ1n) is 8.26. The summed E-state index contributed by atoms with van der Waals surface area (Å²) in [5.41, 5.74) is 3.14. The van der Waals surface area contributed by atoms with E-state index in [4.69, 9.17) is 4.74 Å². The maximum atomic E-state index is 12.4. The van der Waals surface area contributed by atoms with Gasteiger partial charge in [-0.2, -0.15) is 5.26 Å². The highest BCUT2D eigenvalue weighted by Crippen LogP contribution is 2.40. The van der Waals surface area contributed by atoms with Crippen LogP contribution in [0.15, 0.2) is 30.5 Å². The van der Waals surface area contributed by atoms with Crippen molar-refractivity contribution in [3.05, 3.63) is 47.3 Å². The Bertz CT molecular complexity index is 1100. The second kappa shape index (κ2) is 5.33. The molecule has 0 saturated carbocycles.